The van der Waals surface area contributed by atoms with Crippen LogP contribution in [-0.4, -0.2) is 10.7 Å². The van der Waals surface area contributed by atoms with Gasteiger partial charge in [0, 0.05) is 5.57 Å². The first-order valence-electron chi connectivity index (χ1n) is 5.59. The van der Waals surface area contributed by atoms with Crippen LogP contribution in [0.2, 0.25) is 0 Å². The van der Waals surface area contributed by atoms with Gasteiger partial charge in [-0.05, 0) is 32.1 Å². The molecular formula is C13H22O. The van der Waals surface area contributed by atoms with Gasteiger partial charge in [0.2, 0.25) is 0 Å². The Labute approximate surface area is 87.5 Å². The molecule has 2 atom stereocenters. The summed E-state index contributed by atoms with van der Waals surface area (Å²) >= 11 is 0. The topological polar surface area (TPSA) is 20.2 Å². The van der Waals surface area contributed by atoms with Crippen LogP contribution in [0, 0.1) is 11.8 Å². The molecule has 0 aromatic heterocycles. The molecule has 0 saturated heterocycles. The van der Waals surface area contributed by atoms with Crippen molar-refractivity contribution in [2.24, 2.45) is 11.8 Å². The van der Waals surface area contributed by atoms with Crippen molar-refractivity contribution in [3.05, 3.63) is 17.9 Å². The van der Waals surface area contributed by atoms with E-state index in [1.807, 2.05) is 13.8 Å². The van der Waals surface area contributed by atoms with Crippen molar-refractivity contribution in [1.82, 2.24) is 0 Å². The number of hydrogen-bond acceptors (Lipinski definition) is 1. The summed E-state index contributed by atoms with van der Waals surface area (Å²) in [4.78, 5) is 0. The maximum absolute atomic E-state index is 10.0. The summed E-state index contributed by atoms with van der Waals surface area (Å²) in [6, 6.07) is 0. The monoisotopic (exact) mass is 194 g/mol. The van der Waals surface area contributed by atoms with Gasteiger partial charge in [0.25, 0.3) is 0 Å². The van der Waals surface area contributed by atoms with Crippen LogP contribution in [0.5, 0.6) is 0 Å². The lowest BCUT2D eigenvalue weighted by Gasteiger charge is -2.34. The van der Waals surface area contributed by atoms with E-state index in [1.54, 1.807) is 0 Å². The van der Waals surface area contributed by atoms with Crippen molar-refractivity contribution in [2.75, 3.05) is 0 Å². The highest BCUT2D eigenvalue weighted by atomic mass is 16.3. The van der Waals surface area contributed by atoms with Crippen LogP contribution < -0.4 is 0 Å². The van der Waals surface area contributed by atoms with E-state index in [9.17, 15) is 5.11 Å². The molecule has 0 radical (unpaired) electrons. The molecule has 0 aromatic carbocycles. The van der Waals surface area contributed by atoms with Gasteiger partial charge in [0.05, 0.1) is 5.60 Å². The zero-order valence-electron chi connectivity index (χ0n) is 9.64. The van der Waals surface area contributed by atoms with E-state index in [1.165, 1.54) is 25.7 Å². The Morgan fingerprint density at radius 1 is 1.36 bits per heavy atom. The molecule has 1 heteroatoms. The molecule has 0 heterocycles. The van der Waals surface area contributed by atoms with Gasteiger partial charge < -0.3 is 5.11 Å². The first-order chi connectivity index (χ1) is 6.46. The molecule has 0 spiro atoms. The highest BCUT2D eigenvalue weighted by Crippen LogP contribution is 2.38. The molecule has 0 aliphatic heterocycles. The average Bonchev–Trinajstić information content (AvgIpc) is 2.07. The molecule has 14 heavy (non-hydrogen) atoms. The van der Waals surface area contributed by atoms with Crippen LogP contribution >= 0.6 is 0 Å². The van der Waals surface area contributed by atoms with Crippen LogP contribution in [0.1, 0.15) is 46.5 Å². The Hall–Kier alpha value is -0.520. The second kappa shape index (κ2) is 4.33. The Morgan fingerprint density at radius 3 is 2.36 bits per heavy atom. The molecule has 1 saturated carbocycles. The first-order valence-corrected chi connectivity index (χ1v) is 5.59. The summed E-state index contributed by atoms with van der Waals surface area (Å²) in [6.45, 7) is 9.66. The molecule has 2 unspecified atom stereocenters. The van der Waals surface area contributed by atoms with E-state index in [0.717, 1.165) is 5.57 Å². The second-order valence-electron chi connectivity index (χ2n) is 5.02. The third kappa shape index (κ3) is 2.50. The van der Waals surface area contributed by atoms with E-state index in [0.29, 0.717) is 11.8 Å². The Morgan fingerprint density at radius 2 is 1.93 bits per heavy atom. The smallest absolute Gasteiger partial charge is 0.0876 e. The zero-order chi connectivity index (χ0) is 10.8. The molecule has 0 amide bonds. The van der Waals surface area contributed by atoms with Gasteiger partial charge in [-0.15, -0.1) is 5.73 Å². The van der Waals surface area contributed by atoms with Gasteiger partial charge in [-0.2, -0.15) is 0 Å². The maximum atomic E-state index is 10.0. The number of aliphatic hydroxyl groups is 1. The summed E-state index contributed by atoms with van der Waals surface area (Å²) in [7, 11) is 0. The fourth-order valence-electron chi connectivity index (χ4n) is 2.55. The lowest BCUT2D eigenvalue weighted by molar-refractivity contribution is 0.0942. The van der Waals surface area contributed by atoms with E-state index < -0.39 is 5.60 Å². The second-order valence-corrected chi connectivity index (χ2v) is 5.02. The molecule has 1 rings (SSSR count). The lowest BCUT2D eigenvalue weighted by Crippen LogP contribution is -2.31. The summed E-state index contributed by atoms with van der Waals surface area (Å²) in [5, 5.41) is 10.0. The van der Waals surface area contributed by atoms with Crippen LogP contribution in [0.15, 0.2) is 17.9 Å². The van der Waals surface area contributed by atoms with Crippen LogP contribution in [0.3, 0.4) is 0 Å². The van der Waals surface area contributed by atoms with E-state index in [2.05, 4.69) is 19.2 Å². The SMILES string of the molecule is C=C=C(C1CCCCC1C)C(C)(C)O. The average molecular weight is 194 g/mol. The van der Waals surface area contributed by atoms with Gasteiger partial charge >= 0.3 is 0 Å². The van der Waals surface area contributed by atoms with E-state index >= 15 is 0 Å². The third-order valence-corrected chi connectivity index (χ3v) is 3.33. The normalized spacial score (nSPS) is 28.3. The van der Waals surface area contributed by atoms with Crippen molar-refractivity contribution in [3.8, 4) is 0 Å². The molecule has 1 aliphatic rings. The lowest BCUT2D eigenvalue weighted by atomic mass is 9.72. The van der Waals surface area contributed by atoms with Gasteiger partial charge in [-0.3, -0.25) is 0 Å². The largest absolute Gasteiger partial charge is 0.385 e. The fourth-order valence-corrected chi connectivity index (χ4v) is 2.55. The predicted molar refractivity (Wildman–Crippen MR) is 60.1 cm³/mol. The summed E-state index contributed by atoms with van der Waals surface area (Å²) in [5.74, 6) is 1.15. The number of rotatable bonds is 2. The molecule has 1 nitrogen and oxygen atoms in total. The molecule has 80 valence electrons. The van der Waals surface area contributed by atoms with Crippen molar-refractivity contribution >= 4 is 0 Å². The molecule has 1 aliphatic carbocycles. The summed E-state index contributed by atoms with van der Waals surface area (Å²) in [5.41, 5.74) is 3.21. The van der Waals surface area contributed by atoms with Crippen molar-refractivity contribution < 1.29 is 5.11 Å². The van der Waals surface area contributed by atoms with Crippen LogP contribution in [0.25, 0.3) is 0 Å². The van der Waals surface area contributed by atoms with Crippen molar-refractivity contribution in [2.45, 2.75) is 52.1 Å². The van der Waals surface area contributed by atoms with Gasteiger partial charge in [-0.1, -0.05) is 32.8 Å². The Balaban J connectivity index is 2.84. The quantitative estimate of drug-likeness (QED) is 0.669. The molecule has 0 aromatic rings. The molecule has 1 N–H and O–H groups in total. The minimum Gasteiger partial charge on any atom is -0.385 e. The molecule has 1 fully saturated rings. The maximum Gasteiger partial charge on any atom is 0.0876 e. The zero-order valence-corrected chi connectivity index (χ0v) is 9.64. The Bertz CT molecular complexity index is 240. The summed E-state index contributed by atoms with van der Waals surface area (Å²) < 4.78 is 0. The predicted octanol–water partition coefficient (Wildman–Crippen LogP) is 3.29. The van der Waals surface area contributed by atoms with Crippen LogP contribution in [0.4, 0.5) is 0 Å². The summed E-state index contributed by atoms with van der Waals surface area (Å²) in [6.07, 6.45) is 5.05. The molecule has 0 bridgehead atoms. The minimum atomic E-state index is -0.752. The van der Waals surface area contributed by atoms with Gasteiger partial charge in [0.15, 0.2) is 0 Å². The highest BCUT2D eigenvalue weighted by molar-refractivity contribution is 5.17. The fraction of sp³-hybridized carbons (Fsp3) is 0.769. The number of hydrogen-bond donors (Lipinski definition) is 1. The van der Waals surface area contributed by atoms with Crippen LogP contribution in [-0.2, 0) is 0 Å². The van der Waals surface area contributed by atoms with Crippen molar-refractivity contribution in [1.29, 1.82) is 0 Å². The Kier molecular flexibility index (Phi) is 3.58. The minimum absolute atomic E-state index is 0.487. The van der Waals surface area contributed by atoms with E-state index in [-0.39, 0.29) is 0 Å². The first kappa shape index (κ1) is 11.6. The van der Waals surface area contributed by atoms with Gasteiger partial charge in [-0.25, -0.2) is 0 Å². The molecular weight excluding hydrogens is 172 g/mol. The van der Waals surface area contributed by atoms with Crippen molar-refractivity contribution in [3.63, 3.8) is 0 Å². The standard InChI is InChI=1S/C13H22O/c1-5-12(13(3,4)14)11-9-7-6-8-10(11)2/h10-11,14H,1,6-9H2,2-4H3. The van der Waals surface area contributed by atoms with E-state index in [4.69, 9.17) is 0 Å². The third-order valence-electron chi connectivity index (χ3n) is 3.33. The van der Waals surface area contributed by atoms with Gasteiger partial charge in [0.1, 0.15) is 0 Å². The highest BCUT2D eigenvalue weighted by Gasteiger charge is 2.32.